The fourth-order valence-corrected chi connectivity index (χ4v) is 1.48. The lowest BCUT2D eigenvalue weighted by Crippen LogP contribution is -2.16. The van der Waals surface area contributed by atoms with Gasteiger partial charge in [0, 0.05) is 13.1 Å². The summed E-state index contributed by atoms with van der Waals surface area (Å²) >= 11 is 0. The monoisotopic (exact) mass is 213 g/mol. The summed E-state index contributed by atoms with van der Waals surface area (Å²) in [4.78, 5) is 2.17. The van der Waals surface area contributed by atoms with Gasteiger partial charge < -0.3 is 4.90 Å². The molecule has 0 heterocycles. The zero-order valence-electron chi connectivity index (χ0n) is 9.68. The summed E-state index contributed by atoms with van der Waals surface area (Å²) in [6.07, 6.45) is 9.04. The van der Waals surface area contributed by atoms with E-state index >= 15 is 0 Å². The average Bonchev–Trinajstić information content (AvgIpc) is 2.31. The van der Waals surface area contributed by atoms with E-state index in [1.54, 1.807) is 0 Å². The van der Waals surface area contributed by atoms with Gasteiger partial charge in [-0.3, -0.25) is 0 Å². The molecule has 0 saturated carbocycles. The molecule has 0 aliphatic carbocycles. The molecule has 0 spiro atoms. The van der Waals surface area contributed by atoms with E-state index in [9.17, 15) is 0 Å². The SMILES string of the molecule is C=CCN(/C=C/Cc1ccccc1)CC=C. The molecule has 1 rings (SSSR count). The molecule has 1 aromatic carbocycles. The van der Waals surface area contributed by atoms with E-state index in [2.05, 4.69) is 54.6 Å². The fraction of sp³-hybridized carbons (Fsp3) is 0.200. The Bertz CT molecular complexity index is 328. The van der Waals surface area contributed by atoms with E-state index in [4.69, 9.17) is 0 Å². The molecule has 1 heteroatoms. The summed E-state index contributed by atoms with van der Waals surface area (Å²) in [5.41, 5.74) is 1.33. The second-order valence-electron chi connectivity index (χ2n) is 3.61. The van der Waals surface area contributed by atoms with Gasteiger partial charge in [-0.05, 0) is 18.2 Å². The molecular formula is C15H19N. The van der Waals surface area contributed by atoms with Gasteiger partial charge in [-0.25, -0.2) is 0 Å². The Labute approximate surface area is 98.4 Å². The Balaban J connectivity index is 2.45. The Hall–Kier alpha value is -1.76. The molecule has 0 atom stereocenters. The van der Waals surface area contributed by atoms with E-state index in [-0.39, 0.29) is 0 Å². The molecule has 0 radical (unpaired) electrons. The zero-order valence-corrected chi connectivity index (χ0v) is 9.68. The van der Waals surface area contributed by atoms with Gasteiger partial charge in [0.2, 0.25) is 0 Å². The highest BCUT2D eigenvalue weighted by Gasteiger charge is 1.92. The maximum absolute atomic E-state index is 3.74. The van der Waals surface area contributed by atoms with E-state index in [1.807, 2.05) is 18.2 Å². The van der Waals surface area contributed by atoms with Gasteiger partial charge in [0.1, 0.15) is 0 Å². The molecule has 0 N–H and O–H groups in total. The van der Waals surface area contributed by atoms with Gasteiger partial charge in [-0.2, -0.15) is 0 Å². The molecule has 1 nitrogen and oxygen atoms in total. The van der Waals surface area contributed by atoms with Crippen LogP contribution in [-0.2, 0) is 6.42 Å². The van der Waals surface area contributed by atoms with Gasteiger partial charge in [-0.15, -0.1) is 13.2 Å². The van der Waals surface area contributed by atoms with Crippen molar-refractivity contribution in [1.82, 2.24) is 4.90 Å². The van der Waals surface area contributed by atoms with Crippen LogP contribution in [0.25, 0.3) is 0 Å². The second kappa shape index (κ2) is 7.52. The first-order chi connectivity index (χ1) is 7.86. The van der Waals surface area contributed by atoms with Gasteiger partial charge in [0.05, 0.1) is 0 Å². The zero-order chi connectivity index (χ0) is 11.6. The molecule has 84 valence electrons. The van der Waals surface area contributed by atoms with Crippen molar-refractivity contribution in [2.45, 2.75) is 6.42 Å². The number of benzene rings is 1. The van der Waals surface area contributed by atoms with Gasteiger partial charge in [-0.1, -0.05) is 48.6 Å². The third kappa shape index (κ3) is 4.65. The first-order valence-electron chi connectivity index (χ1n) is 5.53. The predicted molar refractivity (Wildman–Crippen MR) is 71.3 cm³/mol. The van der Waals surface area contributed by atoms with Crippen LogP contribution >= 0.6 is 0 Å². The van der Waals surface area contributed by atoms with Crippen molar-refractivity contribution in [1.29, 1.82) is 0 Å². The molecule has 0 aliphatic rings. The number of hydrogen-bond donors (Lipinski definition) is 0. The van der Waals surface area contributed by atoms with Crippen LogP contribution in [0.5, 0.6) is 0 Å². The molecule has 1 aromatic rings. The van der Waals surface area contributed by atoms with E-state index in [1.165, 1.54) is 5.56 Å². The summed E-state index contributed by atoms with van der Waals surface area (Å²) in [6.45, 7) is 9.20. The summed E-state index contributed by atoms with van der Waals surface area (Å²) in [5, 5.41) is 0. The van der Waals surface area contributed by atoms with E-state index < -0.39 is 0 Å². The first-order valence-corrected chi connectivity index (χ1v) is 5.53. The summed E-state index contributed by atoms with van der Waals surface area (Å²) < 4.78 is 0. The highest BCUT2D eigenvalue weighted by Crippen LogP contribution is 2.01. The number of allylic oxidation sites excluding steroid dienone is 1. The van der Waals surface area contributed by atoms with Crippen molar-refractivity contribution in [3.05, 3.63) is 73.5 Å². The Morgan fingerprint density at radius 3 is 2.19 bits per heavy atom. The first kappa shape index (κ1) is 12.3. The van der Waals surface area contributed by atoms with Gasteiger partial charge in [0.25, 0.3) is 0 Å². The van der Waals surface area contributed by atoms with Crippen LogP contribution in [0, 0.1) is 0 Å². The van der Waals surface area contributed by atoms with E-state index in [0.29, 0.717) is 0 Å². The molecule has 0 saturated heterocycles. The number of hydrogen-bond acceptors (Lipinski definition) is 1. The summed E-state index contributed by atoms with van der Waals surface area (Å²) in [7, 11) is 0. The maximum Gasteiger partial charge on any atom is 0.0354 e. The molecular weight excluding hydrogens is 194 g/mol. The van der Waals surface area contributed by atoms with Crippen LogP contribution in [0.15, 0.2) is 67.9 Å². The smallest absolute Gasteiger partial charge is 0.0354 e. The predicted octanol–water partition coefficient (Wildman–Crippen LogP) is 3.42. The fourth-order valence-electron chi connectivity index (χ4n) is 1.48. The lowest BCUT2D eigenvalue weighted by Gasteiger charge is -2.15. The average molecular weight is 213 g/mol. The molecule has 0 bridgehead atoms. The highest BCUT2D eigenvalue weighted by molar-refractivity contribution is 5.17. The van der Waals surface area contributed by atoms with Crippen molar-refractivity contribution in [3.63, 3.8) is 0 Å². The summed E-state index contributed by atoms with van der Waals surface area (Å²) in [6, 6.07) is 10.4. The van der Waals surface area contributed by atoms with Crippen LogP contribution in [0.1, 0.15) is 5.56 Å². The quantitative estimate of drug-likeness (QED) is 0.627. The minimum Gasteiger partial charge on any atom is -0.370 e. The van der Waals surface area contributed by atoms with Crippen molar-refractivity contribution in [3.8, 4) is 0 Å². The maximum atomic E-state index is 3.74. The van der Waals surface area contributed by atoms with Gasteiger partial charge in [0.15, 0.2) is 0 Å². The minimum atomic E-state index is 0.858. The Kier molecular flexibility index (Phi) is 5.79. The van der Waals surface area contributed by atoms with Gasteiger partial charge >= 0.3 is 0 Å². The molecule has 0 unspecified atom stereocenters. The number of nitrogens with zero attached hydrogens (tertiary/aromatic N) is 1. The van der Waals surface area contributed by atoms with Crippen molar-refractivity contribution < 1.29 is 0 Å². The Morgan fingerprint density at radius 2 is 1.62 bits per heavy atom. The largest absolute Gasteiger partial charge is 0.370 e. The number of rotatable bonds is 7. The van der Waals surface area contributed by atoms with Crippen LogP contribution < -0.4 is 0 Å². The third-order valence-electron chi connectivity index (χ3n) is 2.24. The van der Waals surface area contributed by atoms with Crippen LogP contribution in [0.3, 0.4) is 0 Å². The lowest BCUT2D eigenvalue weighted by molar-refractivity contribution is 0.461. The molecule has 16 heavy (non-hydrogen) atoms. The molecule has 0 aromatic heterocycles. The normalized spacial score (nSPS) is 10.2. The van der Waals surface area contributed by atoms with Crippen LogP contribution in [0.2, 0.25) is 0 Å². The highest BCUT2D eigenvalue weighted by atomic mass is 15.1. The lowest BCUT2D eigenvalue weighted by atomic mass is 10.1. The molecule has 0 fully saturated rings. The van der Waals surface area contributed by atoms with Crippen LogP contribution in [0.4, 0.5) is 0 Å². The van der Waals surface area contributed by atoms with Crippen LogP contribution in [-0.4, -0.2) is 18.0 Å². The topological polar surface area (TPSA) is 3.24 Å². The standard InChI is InChI=1S/C15H19N/c1-3-12-16(13-4-2)14-8-11-15-9-6-5-7-10-15/h3-10,14H,1-2,11-13H2/b14-8+. The van der Waals surface area contributed by atoms with Crippen molar-refractivity contribution >= 4 is 0 Å². The second-order valence-corrected chi connectivity index (χ2v) is 3.61. The van der Waals surface area contributed by atoms with E-state index in [0.717, 1.165) is 19.5 Å². The Morgan fingerprint density at radius 1 is 1.00 bits per heavy atom. The summed E-state index contributed by atoms with van der Waals surface area (Å²) in [5.74, 6) is 0. The van der Waals surface area contributed by atoms with Crippen molar-refractivity contribution in [2.75, 3.05) is 13.1 Å². The molecule has 0 aliphatic heterocycles. The minimum absolute atomic E-state index is 0.858. The molecule has 0 amide bonds. The van der Waals surface area contributed by atoms with Crippen molar-refractivity contribution in [2.24, 2.45) is 0 Å². The third-order valence-corrected chi connectivity index (χ3v) is 2.24.